The van der Waals surface area contributed by atoms with Crippen LogP contribution in [0.4, 0.5) is 5.13 Å². The van der Waals surface area contributed by atoms with Crippen LogP contribution < -0.4 is 11.1 Å². The van der Waals surface area contributed by atoms with Crippen molar-refractivity contribution in [3.05, 3.63) is 10.6 Å². The molecule has 84 valence electrons. The Morgan fingerprint density at radius 1 is 1.67 bits per heavy atom. The van der Waals surface area contributed by atoms with Crippen molar-refractivity contribution in [1.29, 1.82) is 0 Å². The second-order valence-electron chi connectivity index (χ2n) is 3.30. The van der Waals surface area contributed by atoms with Crippen LogP contribution in [-0.2, 0) is 0 Å². The fraction of sp³-hybridized carbons (Fsp3) is 0.556. The first kappa shape index (κ1) is 11.9. The van der Waals surface area contributed by atoms with Gasteiger partial charge in [0.25, 0.3) is 5.91 Å². The molecule has 1 rings (SSSR count). The highest BCUT2D eigenvalue weighted by Crippen LogP contribution is 2.20. The van der Waals surface area contributed by atoms with Gasteiger partial charge in [0.1, 0.15) is 4.88 Å². The fourth-order valence-electron chi connectivity index (χ4n) is 1.17. The summed E-state index contributed by atoms with van der Waals surface area (Å²) in [6.45, 7) is 3.24. The van der Waals surface area contributed by atoms with Gasteiger partial charge in [0, 0.05) is 20.1 Å². The van der Waals surface area contributed by atoms with Crippen molar-refractivity contribution in [2.45, 2.75) is 6.92 Å². The second-order valence-corrected chi connectivity index (χ2v) is 4.33. The lowest BCUT2D eigenvalue weighted by molar-refractivity contribution is 0.0800. The summed E-state index contributed by atoms with van der Waals surface area (Å²) in [4.78, 5) is 18.2. The molecule has 0 saturated heterocycles. The van der Waals surface area contributed by atoms with Crippen LogP contribution in [0, 0.1) is 6.92 Å². The van der Waals surface area contributed by atoms with Gasteiger partial charge in [0.05, 0.1) is 5.69 Å². The van der Waals surface area contributed by atoms with Crippen molar-refractivity contribution in [2.24, 2.45) is 0 Å². The van der Waals surface area contributed by atoms with Gasteiger partial charge in [-0.15, -0.1) is 0 Å². The number of hydrogen-bond donors (Lipinski definition) is 2. The lowest BCUT2D eigenvalue weighted by atomic mass is 10.3. The number of nitrogen functional groups attached to an aromatic ring is 1. The monoisotopic (exact) mass is 228 g/mol. The third-order valence-corrected chi connectivity index (χ3v) is 3.03. The summed E-state index contributed by atoms with van der Waals surface area (Å²) in [6, 6.07) is 0. The Balaban J connectivity index is 2.71. The molecule has 0 aliphatic carbocycles. The number of likely N-dealkylation sites (N-methyl/N-ethyl adjacent to an activating group) is 2. The number of nitrogens with zero attached hydrogens (tertiary/aromatic N) is 2. The van der Waals surface area contributed by atoms with Gasteiger partial charge in [-0.3, -0.25) is 4.79 Å². The molecule has 0 saturated carbocycles. The van der Waals surface area contributed by atoms with Crippen molar-refractivity contribution in [3.8, 4) is 0 Å². The molecule has 0 aliphatic rings. The van der Waals surface area contributed by atoms with Crippen LogP contribution in [0.25, 0.3) is 0 Å². The van der Waals surface area contributed by atoms with Crippen molar-refractivity contribution >= 4 is 22.4 Å². The number of amides is 1. The molecular formula is C9H16N4OS. The minimum atomic E-state index is -0.0167. The Bertz CT molecular complexity index is 350. The van der Waals surface area contributed by atoms with Gasteiger partial charge in [0.2, 0.25) is 0 Å². The summed E-state index contributed by atoms with van der Waals surface area (Å²) in [6.07, 6.45) is 0. The topological polar surface area (TPSA) is 71.2 Å². The summed E-state index contributed by atoms with van der Waals surface area (Å²) in [5, 5.41) is 3.44. The fourth-order valence-corrected chi connectivity index (χ4v) is 2.00. The van der Waals surface area contributed by atoms with E-state index in [-0.39, 0.29) is 5.91 Å². The van der Waals surface area contributed by atoms with Gasteiger partial charge in [0.15, 0.2) is 5.13 Å². The molecule has 6 heteroatoms. The maximum Gasteiger partial charge on any atom is 0.265 e. The van der Waals surface area contributed by atoms with E-state index >= 15 is 0 Å². The Hall–Kier alpha value is -1.14. The zero-order valence-electron chi connectivity index (χ0n) is 9.20. The molecule has 3 N–H and O–H groups in total. The molecule has 0 spiro atoms. The summed E-state index contributed by atoms with van der Waals surface area (Å²) >= 11 is 1.24. The summed E-state index contributed by atoms with van der Waals surface area (Å²) in [7, 11) is 3.63. The van der Waals surface area contributed by atoms with Crippen LogP contribution in [0.1, 0.15) is 15.4 Å². The third-order valence-electron chi connectivity index (χ3n) is 2.05. The molecule has 0 radical (unpaired) electrons. The van der Waals surface area contributed by atoms with E-state index in [2.05, 4.69) is 10.3 Å². The van der Waals surface area contributed by atoms with Crippen LogP contribution in [0.2, 0.25) is 0 Å². The van der Waals surface area contributed by atoms with Crippen LogP contribution >= 0.6 is 11.3 Å². The van der Waals surface area contributed by atoms with Crippen LogP contribution in [0.5, 0.6) is 0 Å². The van der Waals surface area contributed by atoms with E-state index in [4.69, 9.17) is 5.73 Å². The molecule has 0 aliphatic heterocycles. The number of nitrogens with two attached hydrogens (primary N) is 1. The first-order chi connectivity index (χ1) is 7.06. The summed E-state index contributed by atoms with van der Waals surface area (Å²) in [5.74, 6) is -0.0167. The zero-order valence-corrected chi connectivity index (χ0v) is 10.0. The van der Waals surface area contributed by atoms with Gasteiger partial charge in [-0.25, -0.2) is 4.98 Å². The Morgan fingerprint density at radius 2 is 2.33 bits per heavy atom. The molecule has 1 amide bonds. The average Bonchev–Trinajstić information content (AvgIpc) is 2.53. The molecule has 1 heterocycles. The highest BCUT2D eigenvalue weighted by atomic mass is 32.1. The number of hydrogen-bond acceptors (Lipinski definition) is 5. The predicted molar refractivity (Wildman–Crippen MR) is 62.2 cm³/mol. The minimum absolute atomic E-state index is 0.0167. The van der Waals surface area contributed by atoms with E-state index in [9.17, 15) is 4.79 Å². The average molecular weight is 228 g/mol. The molecule has 15 heavy (non-hydrogen) atoms. The Kier molecular flexibility index (Phi) is 4.05. The van der Waals surface area contributed by atoms with Gasteiger partial charge in [-0.1, -0.05) is 11.3 Å². The lowest BCUT2D eigenvalue weighted by Crippen LogP contribution is -2.32. The molecule has 1 aromatic heterocycles. The smallest absolute Gasteiger partial charge is 0.265 e. The third kappa shape index (κ3) is 2.90. The highest BCUT2D eigenvalue weighted by Gasteiger charge is 2.17. The van der Waals surface area contributed by atoms with Gasteiger partial charge in [-0.05, 0) is 14.0 Å². The maximum atomic E-state index is 11.9. The van der Waals surface area contributed by atoms with E-state index in [0.717, 1.165) is 6.54 Å². The number of carbonyl (C=O) groups excluding carboxylic acids is 1. The normalized spacial score (nSPS) is 10.3. The van der Waals surface area contributed by atoms with Crippen molar-refractivity contribution < 1.29 is 4.79 Å². The molecule has 0 bridgehead atoms. The van der Waals surface area contributed by atoms with Gasteiger partial charge >= 0.3 is 0 Å². The maximum absolute atomic E-state index is 11.9. The van der Waals surface area contributed by atoms with E-state index in [1.807, 2.05) is 7.05 Å². The minimum Gasteiger partial charge on any atom is -0.375 e. The standard InChI is InChI=1S/C9H16N4OS/c1-6-7(15-9(10)12-6)8(14)13(3)5-4-11-2/h11H,4-5H2,1-3H3,(H2,10,12). The molecule has 5 nitrogen and oxygen atoms in total. The largest absolute Gasteiger partial charge is 0.375 e. The van der Waals surface area contributed by atoms with E-state index in [1.165, 1.54) is 11.3 Å². The first-order valence-electron chi connectivity index (χ1n) is 4.69. The number of aromatic nitrogens is 1. The van der Waals surface area contributed by atoms with Crippen LogP contribution in [0.3, 0.4) is 0 Å². The number of aryl methyl sites for hydroxylation is 1. The Labute approximate surface area is 93.3 Å². The number of thiazole rings is 1. The molecule has 1 aromatic rings. The predicted octanol–water partition coefficient (Wildman–Crippen LogP) is 0.325. The van der Waals surface area contributed by atoms with E-state index < -0.39 is 0 Å². The molecule has 0 atom stereocenters. The second kappa shape index (κ2) is 5.09. The van der Waals surface area contributed by atoms with Gasteiger partial charge < -0.3 is 16.0 Å². The van der Waals surface area contributed by atoms with Crippen LogP contribution in [-0.4, -0.2) is 43.0 Å². The number of nitrogens with one attached hydrogen (secondary N) is 1. The number of anilines is 1. The van der Waals surface area contributed by atoms with Crippen molar-refractivity contribution in [2.75, 3.05) is 32.9 Å². The molecule has 0 aromatic carbocycles. The SMILES string of the molecule is CNCCN(C)C(=O)c1sc(N)nc1C. The highest BCUT2D eigenvalue weighted by molar-refractivity contribution is 7.17. The quantitative estimate of drug-likeness (QED) is 0.779. The first-order valence-corrected chi connectivity index (χ1v) is 5.51. The van der Waals surface area contributed by atoms with Crippen molar-refractivity contribution in [3.63, 3.8) is 0 Å². The molecule has 0 unspecified atom stereocenters. The molecule has 0 fully saturated rings. The van der Waals surface area contributed by atoms with E-state index in [1.54, 1.807) is 18.9 Å². The van der Waals surface area contributed by atoms with Crippen molar-refractivity contribution in [1.82, 2.24) is 15.2 Å². The van der Waals surface area contributed by atoms with Crippen LogP contribution in [0.15, 0.2) is 0 Å². The number of carbonyl (C=O) groups is 1. The summed E-state index contributed by atoms with van der Waals surface area (Å²) in [5.41, 5.74) is 6.25. The Morgan fingerprint density at radius 3 is 2.80 bits per heavy atom. The van der Waals surface area contributed by atoms with Gasteiger partial charge in [-0.2, -0.15) is 0 Å². The number of rotatable bonds is 4. The zero-order chi connectivity index (χ0) is 11.4. The lowest BCUT2D eigenvalue weighted by Gasteiger charge is -2.15. The summed E-state index contributed by atoms with van der Waals surface area (Å²) < 4.78 is 0. The van der Waals surface area contributed by atoms with E-state index in [0.29, 0.717) is 22.2 Å². The molecular weight excluding hydrogens is 212 g/mol.